The van der Waals surface area contributed by atoms with Gasteiger partial charge in [-0.05, 0) is 19.9 Å². The minimum atomic E-state index is 0.0828. The molecule has 0 aromatic heterocycles. The lowest BCUT2D eigenvalue weighted by Crippen LogP contribution is -2.48. The molecule has 3 nitrogen and oxygen atoms in total. The Kier molecular flexibility index (Phi) is 2.98. The van der Waals surface area contributed by atoms with Crippen LogP contribution in [0.1, 0.15) is 20.3 Å². The second-order valence-corrected chi connectivity index (χ2v) is 5.22. The van der Waals surface area contributed by atoms with E-state index in [4.69, 9.17) is 17.0 Å². The average molecular weight is 226 g/mol. The van der Waals surface area contributed by atoms with E-state index in [1.165, 1.54) is 5.70 Å². The van der Waals surface area contributed by atoms with E-state index in [9.17, 15) is 0 Å². The Morgan fingerprint density at radius 1 is 1.40 bits per heavy atom. The third kappa shape index (κ3) is 2.69. The molecule has 1 N–H and O–H groups in total. The van der Waals surface area contributed by atoms with Crippen molar-refractivity contribution in [3.05, 3.63) is 11.8 Å². The highest BCUT2D eigenvalue weighted by molar-refractivity contribution is 7.80. The smallest absolute Gasteiger partial charge is 0.101 e. The van der Waals surface area contributed by atoms with Crippen LogP contribution in [0.25, 0.3) is 0 Å². The first kappa shape index (κ1) is 10.9. The fourth-order valence-corrected chi connectivity index (χ4v) is 2.53. The van der Waals surface area contributed by atoms with Crippen molar-refractivity contribution in [3.8, 4) is 0 Å². The highest BCUT2D eigenvalue weighted by atomic mass is 32.1. The second-order valence-electron chi connectivity index (χ2n) is 4.79. The summed E-state index contributed by atoms with van der Waals surface area (Å²) in [7, 11) is 0. The van der Waals surface area contributed by atoms with Crippen molar-refractivity contribution < 1.29 is 4.74 Å². The van der Waals surface area contributed by atoms with Crippen LogP contribution < -0.4 is 5.32 Å². The summed E-state index contributed by atoms with van der Waals surface area (Å²) in [6.45, 7) is 8.02. The zero-order chi connectivity index (χ0) is 10.9. The predicted molar refractivity (Wildman–Crippen MR) is 64.9 cm³/mol. The molecule has 0 amide bonds. The lowest BCUT2D eigenvalue weighted by atomic mass is 9.94. The Morgan fingerprint density at radius 3 is 2.67 bits per heavy atom. The van der Waals surface area contributed by atoms with E-state index >= 15 is 0 Å². The molecule has 0 saturated carbocycles. The van der Waals surface area contributed by atoms with Crippen LogP contribution in [0.15, 0.2) is 11.8 Å². The van der Waals surface area contributed by atoms with E-state index < -0.39 is 0 Å². The molecule has 0 radical (unpaired) electrons. The monoisotopic (exact) mass is 226 g/mol. The normalized spacial score (nSPS) is 25.9. The first-order valence-corrected chi connectivity index (χ1v) is 5.83. The number of rotatable bonds is 1. The number of hydrogen-bond acceptors (Lipinski definition) is 3. The standard InChI is InChI=1S/C11H18N2OS/c1-11(2)8-9(7-10(15)12-11)13-3-5-14-6-4-13/h7H,3-6,8H2,1-2H3,(H,12,15). The van der Waals surface area contributed by atoms with Crippen molar-refractivity contribution in [3.63, 3.8) is 0 Å². The molecule has 0 aromatic carbocycles. The van der Waals surface area contributed by atoms with E-state index in [1.807, 2.05) is 0 Å². The molecule has 0 atom stereocenters. The van der Waals surface area contributed by atoms with Crippen LogP contribution in [0.5, 0.6) is 0 Å². The molecular formula is C11H18N2OS. The maximum Gasteiger partial charge on any atom is 0.101 e. The summed E-state index contributed by atoms with van der Waals surface area (Å²) in [4.78, 5) is 3.24. The maximum absolute atomic E-state index is 5.35. The SMILES string of the molecule is CC1(C)CC(N2CCOCC2)=CC(=S)N1. The van der Waals surface area contributed by atoms with Gasteiger partial charge >= 0.3 is 0 Å². The zero-order valence-corrected chi connectivity index (χ0v) is 10.2. The Labute approximate surface area is 96.5 Å². The molecule has 2 aliphatic rings. The van der Waals surface area contributed by atoms with Gasteiger partial charge in [-0.25, -0.2) is 0 Å². The molecule has 0 spiro atoms. The summed E-state index contributed by atoms with van der Waals surface area (Å²) in [5, 5.41) is 3.32. The summed E-state index contributed by atoms with van der Waals surface area (Å²) in [5.74, 6) is 0. The largest absolute Gasteiger partial charge is 0.378 e. The van der Waals surface area contributed by atoms with Crippen molar-refractivity contribution in [1.82, 2.24) is 10.2 Å². The summed E-state index contributed by atoms with van der Waals surface area (Å²) in [5.41, 5.74) is 1.44. The van der Waals surface area contributed by atoms with Crippen LogP contribution in [0.2, 0.25) is 0 Å². The first-order valence-electron chi connectivity index (χ1n) is 5.42. The number of thiocarbonyl (C=S) groups is 1. The second kappa shape index (κ2) is 4.10. The van der Waals surface area contributed by atoms with E-state index in [2.05, 4.69) is 30.1 Å². The topological polar surface area (TPSA) is 24.5 Å². The van der Waals surface area contributed by atoms with Crippen LogP contribution >= 0.6 is 12.2 Å². The number of ether oxygens (including phenoxy) is 1. The molecule has 0 aliphatic carbocycles. The fraction of sp³-hybridized carbons (Fsp3) is 0.727. The van der Waals surface area contributed by atoms with Crippen molar-refractivity contribution in [1.29, 1.82) is 0 Å². The molecule has 1 saturated heterocycles. The molecule has 2 heterocycles. The number of hydrogen-bond donors (Lipinski definition) is 1. The Balaban J connectivity index is 2.10. The van der Waals surface area contributed by atoms with Gasteiger partial charge < -0.3 is 15.0 Å². The van der Waals surface area contributed by atoms with E-state index in [0.29, 0.717) is 0 Å². The Hall–Kier alpha value is -0.610. The lowest BCUT2D eigenvalue weighted by molar-refractivity contribution is 0.0503. The summed E-state index contributed by atoms with van der Waals surface area (Å²) >= 11 is 5.26. The molecule has 84 valence electrons. The molecule has 2 aliphatic heterocycles. The summed E-state index contributed by atoms with van der Waals surface area (Å²) in [6, 6.07) is 0. The third-order valence-corrected chi connectivity index (χ3v) is 3.02. The zero-order valence-electron chi connectivity index (χ0n) is 9.38. The highest BCUT2D eigenvalue weighted by Gasteiger charge is 2.27. The molecule has 2 rings (SSSR count). The Bertz CT molecular complexity index is 293. The van der Waals surface area contributed by atoms with Gasteiger partial charge in [-0.2, -0.15) is 0 Å². The van der Waals surface area contributed by atoms with Gasteiger partial charge in [-0.15, -0.1) is 0 Å². The van der Waals surface area contributed by atoms with Crippen LogP contribution in [-0.2, 0) is 4.74 Å². The average Bonchev–Trinajstić information content (AvgIpc) is 2.16. The molecule has 0 unspecified atom stereocenters. The third-order valence-electron chi connectivity index (χ3n) is 2.80. The minimum absolute atomic E-state index is 0.0828. The molecule has 0 aromatic rings. The minimum Gasteiger partial charge on any atom is -0.378 e. The van der Waals surface area contributed by atoms with Gasteiger partial charge in [0.1, 0.15) is 4.99 Å². The van der Waals surface area contributed by atoms with Crippen molar-refractivity contribution >= 4 is 17.2 Å². The summed E-state index contributed by atoms with van der Waals surface area (Å²) < 4.78 is 5.35. The van der Waals surface area contributed by atoms with Gasteiger partial charge in [0.25, 0.3) is 0 Å². The number of nitrogens with zero attached hydrogens (tertiary/aromatic N) is 1. The van der Waals surface area contributed by atoms with Gasteiger partial charge in [0, 0.05) is 30.7 Å². The van der Waals surface area contributed by atoms with Crippen LogP contribution in [0, 0.1) is 0 Å². The molecular weight excluding hydrogens is 208 g/mol. The molecule has 0 bridgehead atoms. The van der Waals surface area contributed by atoms with Gasteiger partial charge in [0.15, 0.2) is 0 Å². The van der Waals surface area contributed by atoms with E-state index in [-0.39, 0.29) is 5.54 Å². The van der Waals surface area contributed by atoms with Crippen molar-refractivity contribution in [2.45, 2.75) is 25.8 Å². The molecule has 1 fully saturated rings. The van der Waals surface area contributed by atoms with Gasteiger partial charge in [-0.1, -0.05) is 12.2 Å². The maximum atomic E-state index is 5.35. The van der Waals surface area contributed by atoms with Gasteiger partial charge in [-0.3, -0.25) is 0 Å². The highest BCUT2D eigenvalue weighted by Crippen LogP contribution is 2.24. The van der Waals surface area contributed by atoms with Gasteiger partial charge in [0.2, 0.25) is 0 Å². The number of nitrogens with one attached hydrogen (secondary N) is 1. The number of morpholine rings is 1. The van der Waals surface area contributed by atoms with Crippen LogP contribution in [0.4, 0.5) is 0 Å². The lowest BCUT2D eigenvalue weighted by Gasteiger charge is -2.39. The fourth-order valence-electron chi connectivity index (χ4n) is 2.12. The van der Waals surface area contributed by atoms with Crippen molar-refractivity contribution in [2.75, 3.05) is 26.3 Å². The predicted octanol–water partition coefficient (Wildman–Crippen LogP) is 1.30. The summed E-state index contributed by atoms with van der Waals surface area (Å²) in [6.07, 6.45) is 3.12. The molecule has 4 heteroatoms. The van der Waals surface area contributed by atoms with Gasteiger partial charge in [0.05, 0.1) is 13.2 Å². The van der Waals surface area contributed by atoms with Crippen molar-refractivity contribution in [2.24, 2.45) is 0 Å². The Morgan fingerprint density at radius 2 is 2.07 bits per heavy atom. The van der Waals surface area contributed by atoms with Crippen LogP contribution in [0.3, 0.4) is 0 Å². The van der Waals surface area contributed by atoms with E-state index in [0.717, 1.165) is 37.7 Å². The van der Waals surface area contributed by atoms with E-state index in [1.54, 1.807) is 0 Å². The quantitative estimate of drug-likeness (QED) is 0.681. The van der Waals surface area contributed by atoms with Crippen LogP contribution in [-0.4, -0.2) is 41.7 Å². The first-order chi connectivity index (χ1) is 7.07. The molecule has 15 heavy (non-hydrogen) atoms.